The van der Waals surface area contributed by atoms with Crippen LogP contribution in [0.15, 0.2) is 29.3 Å². The van der Waals surface area contributed by atoms with Crippen molar-refractivity contribution in [1.29, 1.82) is 0 Å². The number of hydrogen-bond acceptors (Lipinski definition) is 5. The molecule has 2 aromatic rings. The van der Waals surface area contributed by atoms with E-state index in [0.717, 1.165) is 32.3 Å². The Morgan fingerprint density at radius 3 is 3.00 bits per heavy atom. The molecule has 0 fully saturated rings. The lowest BCUT2D eigenvalue weighted by Crippen LogP contribution is -2.36. The molecule has 27 heavy (non-hydrogen) atoms. The first kappa shape index (κ1) is 18.0. The van der Waals surface area contributed by atoms with Gasteiger partial charge in [0.25, 0.3) is 0 Å². The summed E-state index contributed by atoms with van der Waals surface area (Å²) >= 11 is 7.90. The molecule has 2 aliphatic rings. The number of carbonyl (C=O) groups excluding carboxylic acids is 2. The van der Waals surface area contributed by atoms with E-state index in [9.17, 15) is 9.59 Å². The monoisotopic (exact) mass is 403 g/mol. The minimum Gasteiger partial charge on any atom is -0.450 e. The van der Waals surface area contributed by atoms with Gasteiger partial charge in [0, 0.05) is 27.6 Å². The Bertz CT molecular complexity index is 954. The lowest BCUT2D eigenvalue weighted by atomic mass is 9.95. The Hall–Kier alpha value is -2.38. The van der Waals surface area contributed by atoms with Crippen molar-refractivity contribution in [2.24, 2.45) is 4.99 Å². The van der Waals surface area contributed by atoms with Crippen LogP contribution < -0.4 is 5.32 Å². The second kappa shape index (κ2) is 7.32. The van der Waals surface area contributed by atoms with Crippen molar-refractivity contribution in [3.63, 3.8) is 0 Å². The number of ether oxygens (including phenoxy) is 1. The molecule has 0 atom stereocenters. The van der Waals surface area contributed by atoms with E-state index in [2.05, 4.69) is 10.3 Å². The van der Waals surface area contributed by atoms with Gasteiger partial charge in [-0.05, 0) is 25.0 Å². The van der Waals surface area contributed by atoms with Gasteiger partial charge in [0.15, 0.2) is 0 Å². The fourth-order valence-corrected chi connectivity index (χ4v) is 4.89. The Morgan fingerprint density at radius 2 is 2.22 bits per heavy atom. The Morgan fingerprint density at radius 1 is 1.41 bits per heavy atom. The molecule has 0 spiro atoms. The SMILES string of the molecule is CCOC(=O)N1CCc2c(sc3c2C(c2ccccc2Cl)=NCC(=O)N3)C1. The predicted molar refractivity (Wildman–Crippen MR) is 106 cm³/mol. The summed E-state index contributed by atoms with van der Waals surface area (Å²) in [4.78, 5) is 31.5. The number of thiophene rings is 1. The summed E-state index contributed by atoms with van der Waals surface area (Å²) in [5.41, 5.74) is 3.59. The third kappa shape index (κ3) is 3.33. The summed E-state index contributed by atoms with van der Waals surface area (Å²) in [6.45, 7) is 3.24. The fourth-order valence-electron chi connectivity index (χ4n) is 3.38. The lowest BCUT2D eigenvalue weighted by Gasteiger charge is -2.26. The van der Waals surface area contributed by atoms with E-state index in [1.165, 1.54) is 11.3 Å². The number of halogens is 1. The molecule has 4 rings (SSSR count). The van der Waals surface area contributed by atoms with Crippen LogP contribution in [0.25, 0.3) is 0 Å². The molecule has 0 bridgehead atoms. The van der Waals surface area contributed by atoms with Crippen LogP contribution in [0.1, 0.15) is 28.5 Å². The maximum absolute atomic E-state index is 12.1. The van der Waals surface area contributed by atoms with Gasteiger partial charge in [0.05, 0.1) is 18.9 Å². The Kier molecular flexibility index (Phi) is 4.88. The van der Waals surface area contributed by atoms with E-state index >= 15 is 0 Å². The van der Waals surface area contributed by atoms with Crippen LogP contribution in [-0.4, -0.2) is 42.3 Å². The van der Waals surface area contributed by atoms with Gasteiger partial charge in [-0.3, -0.25) is 9.79 Å². The van der Waals surface area contributed by atoms with Crippen molar-refractivity contribution in [3.8, 4) is 0 Å². The minimum atomic E-state index is -0.309. The zero-order chi connectivity index (χ0) is 19.0. The van der Waals surface area contributed by atoms with Gasteiger partial charge in [0.2, 0.25) is 5.91 Å². The zero-order valence-electron chi connectivity index (χ0n) is 14.8. The predicted octanol–water partition coefficient (Wildman–Crippen LogP) is 3.71. The van der Waals surface area contributed by atoms with E-state index in [1.807, 2.05) is 24.3 Å². The van der Waals surface area contributed by atoms with Gasteiger partial charge in [-0.15, -0.1) is 11.3 Å². The van der Waals surface area contributed by atoms with Crippen LogP contribution in [0.2, 0.25) is 5.02 Å². The molecule has 0 saturated carbocycles. The molecule has 0 radical (unpaired) electrons. The van der Waals surface area contributed by atoms with Gasteiger partial charge < -0.3 is 15.0 Å². The third-order valence-corrected chi connectivity index (χ3v) is 6.04. The molecule has 1 N–H and O–H groups in total. The van der Waals surface area contributed by atoms with Crippen molar-refractivity contribution < 1.29 is 14.3 Å². The number of aliphatic imine (C=N–C) groups is 1. The maximum Gasteiger partial charge on any atom is 0.410 e. The van der Waals surface area contributed by atoms with Crippen LogP contribution in [0.5, 0.6) is 0 Å². The third-order valence-electron chi connectivity index (χ3n) is 4.58. The summed E-state index contributed by atoms with van der Waals surface area (Å²) in [6.07, 6.45) is 0.370. The number of nitrogens with zero attached hydrogens (tertiary/aromatic N) is 2. The highest BCUT2D eigenvalue weighted by atomic mass is 35.5. The van der Waals surface area contributed by atoms with Gasteiger partial charge in [-0.1, -0.05) is 29.8 Å². The first-order valence-electron chi connectivity index (χ1n) is 8.74. The van der Waals surface area contributed by atoms with Gasteiger partial charge in [-0.2, -0.15) is 0 Å². The standard InChI is InChI=1S/C19H18ClN3O3S/c1-2-26-19(25)23-8-7-12-14(10-23)27-18-16(12)17(21-9-15(24)22-18)11-5-3-4-6-13(11)20/h3-6H,2,7-10H2,1H3,(H,22,24). The van der Waals surface area contributed by atoms with Crippen LogP contribution in [-0.2, 0) is 22.5 Å². The molecule has 3 heterocycles. The van der Waals surface area contributed by atoms with Crippen LogP contribution in [0.3, 0.4) is 0 Å². The average Bonchev–Trinajstić information content (AvgIpc) is 2.91. The smallest absolute Gasteiger partial charge is 0.410 e. The number of fused-ring (bicyclic) bond motifs is 3. The number of anilines is 1. The second-order valence-corrected chi connectivity index (χ2v) is 7.78. The largest absolute Gasteiger partial charge is 0.450 e. The molecule has 0 unspecified atom stereocenters. The average molecular weight is 404 g/mol. The minimum absolute atomic E-state index is 0.0612. The Labute approximate surface area is 165 Å². The second-order valence-electron chi connectivity index (χ2n) is 6.27. The highest BCUT2D eigenvalue weighted by molar-refractivity contribution is 7.17. The quantitative estimate of drug-likeness (QED) is 0.830. The summed E-state index contributed by atoms with van der Waals surface area (Å²) in [5.74, 6) is -0.154. The zero-order valence-corrected chi connectivity index (χ0v) is 16.3. The molecule has 1 aromatic heterocycles. The molecule has 8 heteroatoms. The number of hydrogen-bond donors (Lipinski definition) is 1. The van der Waals surface area contributed by atoms with E-state index in [0.29, 0.717) is 31.1 Å². The Balaban J connectivity index is 1.78. The summed E-state index contributed by atoms with van der Waals surface area (Å²) in [7, 11) is 0. The molecular weight excluding hydrogens is 386 g/mol. The molecule has 140 valence electrons. The highest BCUT2D eigenvalue weighted by Gasteiger charge is 2.31. The number of nitrogens with one attached hydrogen (secondary N) is 1. The van der Waals surface area contributed by atoms with Crippen LogP contribution in [0, 0.1) is 0 Å². The number of carbonyl (C=O) groups is 2. The first-order valence-corrected chi connectivity index (χ1v) is 9.93. The normalized spacial score (nSPS) is 16.0. The van der Waals surface area contributed by atoms with Crippen molar-refractivity contribution >= 4 is 45.7 Å². The summed E-state index contributed by atoms with van der Waals surface area (Å²) in [5, 5.41) is 4.32. The fraction of sp³-hybridized carbons (Fsp3) is 0.316. The molecular formula is C19H18ClN3O3S. The van der Waals surface area contributed by atoms with E-state index in [1.54, 1.807) is 11.8 Å². The maximum atomic E-state index is 12.1. The van der Waals surface area contributed by atoms with E-state index < -0.39 is 0 Å². The van der Waals surface area contributed by atoms with Crippen LogP contribution in [0.4, 0.5) is 9.80 Å². The summed E-state index contributed by atoms with van der Waals surface area (Å²) < 4.78 is 5.12. The van der Waals surface area contributed by atoms with Crippen LogP contribution >= 0.6 is 22.9 Å². The molecule has 2 aliphatic heterocycles. The van der Waals surface area contributed by atoms with Crippen molar-refractivity contribution in [3.05, 3.63) is 50.9 Å². The topological polar surface area (TPSA) is 71.0 Å². The molecule has 6 nitrogen and oxygen atoms in total. The molecule has 2 amide bonds. The van der Waals surface area contributed by atoms with E-state index in [-0.39, 0.29) is 18.5 Å². The number of rotatable bonds is 2. The molecule has 0 aliphatic carbocycles. The van der Waals surface area contributed by atoms with Crippen molar-refractivity contribution in [1.82, 2.24) is 4.90 Å². The molecule has 1 aromatic carbocycles. The van der Waals surface area contributed by atoms with Gasteiger partial charge >= 0.3 is 6.09 Å². The van der Waals surface area contributed by atoms with Crippen molar-refractivity contribution in [2.45, 2.75) is 19.9 Å². The first-order chi connectivity index (χ1) is 13.1. The van der Waals surface area contributed by atoms with Gasteiger partial charge in [0.1, 0.15) is 11.5 Å². The van der Waals surface area contributed by atoms with Gasteiger partial charge in [-0.25, -0.2) is 4.79 Å². The number of amides is 2. The lowest BCUT2D eigenvalue weighted by molar-refractivity contribution is -0.114. The summed E-state index contributed by atoms with van der Waals surface area (Å²) in [6, 6.07) is 7.51. The molecule has 0 saturated heterocycles. The van der Waals surface area contributed by atoms with E-state index in [4.69, 9.17) is 16.3 Å². The highest BCUT2D eigenvalue weighted by Crippen LogP contribution is 2.40. The van der Waals surface area contributed by atoms with Crippen molar-refractivity contribution in [2.75, 3.05) is 25.0 Å². The number of benzene rings is 1.